The van der Waals surface area contributed by atoms with Crippen molar-refractivity contribution in [3.8, 4) is 0 Å². The summed E-state index contributed by atoms with van der Waals surface area (Å²) in [6, 6.07) is 0.482. The molecule has 2 fully saturated rings. The monoisotopic (exact) mass is 403 g/mol. The van der Waals surface area contributed by atoms with E-state index in [0.717, 1.165) is 37.2 Å². The van der Waals surface area contributed by atoms with Crippen LogP contribution in [0.3, 0.4) is 0 Å². The number of fused-ring (bicyclic) bond motifs is 2. The van der Waals surface area contributed by atoms with Crippen LogP contribution in [-0.4, -0.2) is 89.0 Å². The van der Waals surface area contributed by atoms with Crippen LogP contribution in [-0.2, 0) is 26.3 Å². The van der Waals surface area contributed by atoms with E-state index in [9.17, 15) is 9.59 Å². The largest absolute Gasteiger partial charge is 0.375 e. The molecule has 3 aliphatic rings. The summed E-state index contributed by atoms with van der Waals surface area (Å²) < 4.78 is 5.12. The van der Waals surface area contributed by atoms with Crippen molar-refractivity contribution in [3.63, 3.8) is 0 Å². The number of hydrogen-bond acceptors (Lipinski definition) is 5. The molecule has 2 amide bonds. The second-order valence-corrected chi connectivity index (χ2v) is 8.69. The molecule has 8 nitrogen and oxygen atoms in total. The average molecular weight is 404 g/mol. The number of methoxy groups -OCH3 is 1. The van der Waals surface area contributed by atoms with Crippen molar-refractivity contribution in [2.45, 2.75) is 57.0 Å². The molecule has 3 aliphatic heterocycles. The van der Waals surface area contributed by atoms with Gasteiger partial charge in [0.2, 0.25) is 11.8 Å². The van der Waals surface area contributed by atoms with Gasteiger partial charge in [-0.1, -0.05) is 6.42 Å². The Morgan fingerprint density at radius 2 is 2.00 bits per heavy atom. The van der Waals surface area contributed by atoms with Crippen molar-refractivity contribution in [1.29, 1.82) is 0 Å². The van der Waals surface area contributed by atoms with Gasteiger partial charge < -0.3 is 19.5 Å². The van der Waals surface area contributed by atoms with Crippen LogP contribution >= 0.6 is 0 Å². The lowest BCUT2D eigenvalue weighted by Gasteiger charge is -2.50. The lowest BCUT2D eigenvalue weighted by atomic mass is 9.78. The highest BCUT2D eigenvalue weighted by Crippen LogP contribution is 2.42. The number of ether oxygens (including phenoxy) is 1. The molecular weight excluding hydrogens is 370 g/mol. The van der Waals surface area contributed by atoms with E-state index in [-0.39, 0.29) is 18.4 Å². The number of nitrogens with zero attached hydrogens (tertiary/aromatic N) is 4. The fourth-order valence-electron chi connectivity index (χ4n) is 5.34. The van der Waals surface area contributed by atoms with Gasteiger partial charge in [-0.2, -0.15) is 0 Å². The molecule has 0 unspecified atom stereocenters. The van der Waals surface area contributed by atoms with Crippen LogP contribution in [0.4, 0.5) is 0 Å². The van der Waals surface area contributed by atoms with Gasteiger partial charge in [-0.15, -0.1) is 0 Å². The molecule has 29 heavy (non-hydrogen) atoms. The van der Waals surface area contributed by atoms with Crippen LogP contribution < -0.4 is 0 Å². The number of aromatic nitrogens is 2. The number of likely N-dealkylation sites (tertiary alicyclic amines) is 2. The van der Waals surface area contributed by atoms with Crippen LogP contribution in [0.25, 0.3) is 0 Å². The van der Waals surface area contributed by atoms with E-state index in [2.05, 4.69) is 21.8 Å². The zero-order valence-electron chi connectivity index (χ0n) is 17.7. The van der Waals surface area contributed by atoms with Gasteiger partial charge in [0.05, 0.1) is 24.1 Å². The first-order valence-corrected chi connectivity index (χ1v) is 10.9. The van der Waals surface area contributed by atoms with E-state index in [4.69, 9.17) is 4.74 Å². The first-order chi connectivity index (χ1) is 14.0. The van der Waals surface area contributed by atoms with Gasteiger partial charge in [0.25, 0.3) is 0 Å². The van der Waals surface area contributed by atoms with Crippen molar-refractivity contribution < 1.29 is 14.3 Å². The first-order valence-electron chi connectivity index (χ1n) is 10.9. The van der Waals surface area contributed by atoms with Crippen LogP contribution in [0.5, 0.6) is 0 Å². The summed E-state index contributed by atoms with van der Waals surface area (Å²) in [5, 5.41) is 0. The number of imidazole rings is 1. The van der Waals surface area contributed by atoms with Crippen molar-refractivity contribution in [2.75, 3.05) is 46.4 Å². The molecule has 4 rings (SSSR count). The van der Waals surface area contributed by atoms with Crippen molar-refractivity contribution in [2.24, 2.45) is 0 Å². The van der Waals surface area contributed by atoms with E-state index in [1.54, 1.807) is 13.4 Å². The minimum atomic E-state index is -0.432. The number of piperidine rings is 2. The standard InChI is InChI=1S/C21H33N5O3/c1-16-5-3-4-9-25(16)13-18(27)24-11-7-21(8-12-24)20-17(22-15-23-20)6-10-26(21)19(28)14-29-2/h15-16H,3-14H2,1-2H3,(H,22,23)/t16-/m1/s1. The number of amides is 2. The number of carbonyl (C=O) groups excluding carboxylic acids is 2. The summed E-state index contributed by atoms with van der Waals surface area (Å²) in [5.74, 6) is 0.212. The second kappa shape index (κ2) is 8.44. The number of H-pyrrole nitrogens is 1. The van der Waals surface area contributed by atoms with Gasteiger partial charge >= 0.3 is 0 Å². The summed E-state index contributed by atoms with van der Waals surface area (Å²) in [5.41, 5.74) is 1.66. The molecule has 0 aliphatic carbocycles. The Kier molecular flexibility index (Phi) is 5.92. The van der Waals surface area contributed by atoms with E-state index in [0.29, 0.717) is 32.2 Å². The maximum atomic E-state index is 13.0. The SMILES string of the molecule is COCC(=O)N1CCc2[nH]cnc2C12CCN(C(=O)CN1CCCC[C@H]1C)CC2. The molecule has 1 spiro atoms. The van der Waals surface area contributed by atoms with Crippen molar-refractivity contribution in [1.82, 2.24) is 24.7 Å². The number of carbonyl (C=O) groups is 2. The molecule has 1 aromatic rings. The molecule has 160 valence electrons. The van der Waals surface area contributed by atoms with Gasteiger partial charge in [-0.05, 0) is 39.2 Å². The van der Waals surface area contributed by atoms with Crippen LogP contribution in [0.1, 0.15) is 50.4 Å². The molecule has 0 bridgehead atoms. The van der Waals surface area contributed by atoms with Gasteiger partial charge in [-0.3, -0.25) is 14.5 Å². The third-order valence-corrected chi connectivity index (χ3v) is 7.05. The minimum Gasteiger partial charge on any atom is -0.375 e. The molecule has 1 N–H and O–H groups in total. The highest BCUT2D eigenvalue weighted by molar-refractivity contribution is 5.80. The van der Waals surface area contributed by atoms with Crippen LogP contribution in [0, 0.1) is 0 Å². The second-order valence-electron chi connectivity index (χ2n) is 8.69. The van der Waals surface area contributed by atoms with Crippen LogP contribution in [0.15, 0.2) is 6.33 Å². The lowest BCUT2D eigenvalue weighted by Crippen LogP contribution is -2.60. The molecule has 4 heterocycles. The molecule has 0 saturated carbocycles. The average Bonchev–Trinajstić information content (AvgIpc) is 3.21. The van der Waals surface area contributed by atoms with Crippen molar-refractivity contribution in [3.05, 3.63) is 17.7 Å². The maximum Gasteiger partial charge on any atom is 0.249 e. The molecular formula is C21H33N5O3. The number of hydrogen-bond donors (Lipinski definition) is 1. The summed E-state index contributed by atoms with van der Waals surface area (Å²) in [7, 11) is 1.55. The lowest BCUT2D eigenvalue weighted by molar-refractivity contribution is -0.148. The van der Waals surface area contributed by atoms with Gasteiger partial charge in [0.15, 0.2) is 0 Å². The number of nitrogens with one attached hydrogen (secondary N) is 1. The quantitative estimate of drug-likeness (QED) is 0.815. The highest BCUT2D eigenvalue weighted by Gasteiger charge is 2.49. The summed E-state index contributed by atoms with van der Waals surface area (Å²) in [4.78, 5) is 39.8. The smallest absolute Gasteiger partial charge is 0.249 e. The third-order valence-electron chi connectivity index (χ3n) is 7.05. The Labute approximate surface area is 172 Å². The molecule has 1 atom stereocenters. The number of aromatic amines is 1. The topological polar surface area (TPSA) is 81.8 Å². The minimum absolute atomic E-state index is 0.00284. The van der Waals surface area contributed by atoms with E-state index in [1.807, 2.05) is 9.80 Å². The van der Waals surface area contributed by atoms with E-state index >= 15 is 0 Å². The van der Waals surface area contributed by atoms with Gasteiger partial charge in [0, 0.05) is 44.9 Å². The fraction of sp³-hybridized carbons (Fsp3) is 0.762. The predicted octanol–water partition coefficient (Wildman–Crippen LogP) is 1.13. The van der Waals surface area contributed by atoms with Crippen LogP contribution in [0.2, 0.25) is 0 Å². The number of rotatable bonds is 4. The molecule has 0 radical (unpaired) electrons. The zero-order chi connectivity index (χ0) is 20.4. The fourth-order valence-corrected chi connectivity index (χ4v) is 5.34. The maximum absolute atomic E-state index is 13.0. The van der Waals surface area contributed by atoms with Gasteiger partial charge in [-0.25, -0.2) is 4.98 Å². The summed E-state index contributed by atoms with van der Waals surface area (Å²) >= 11 is 0. The molecule has 1 aromatic heterocycles. The third kappa shape index (κ3) is 3.80. The van der Waals surface area contributed by atoms with E-state index < -0.39 is 5.54 Å². The summed E-state index contributed by atoms with van der Waals surface area (Å²) in [6.07, 6.45) is 7.57. The van der Waals surface area contributed by atoms with Crippen molar-refractivity contribution >= 4 is 11.8 Å². The first kappa shape index (κ1) is 20.3. The normalized spacial score (nSPS) is 24.6. The Hall–Kier alpha value is -1.93. The molecule has 8 heteroatoms. The molecule has 0 aromatic carbocycles. The zero-order valence-corrected chi connectivity index (χ0v) is 17.7. The Bertz CT molecular complexity index is 740. The Morgan fingerprint density at radius 1 is 1.21 bits per heavy atom. The summed E-state index contributed by atoms with van der Waals surface area (Å²) in [6.45, 7) is 5.80. The Balaban J connectivity index is 1.47. The van der Waals surface area contributed by atoms with E-state index in [1.165, 1.54) is 19.3 Å². The van der Waals surface area contributed by atoms with Gasteiger partial charge in [0.1, 0.15) is 6.61 Å². The predicted molar refractivity (Wildman–Crippen MR) is 108 cm³/mol. The Morgan fingerprint density at radius 3 is 2.72 bits per heavy atom. The highest BCUT2D eigenvalue weighted by atomic mass is 16.5. The molecule has 2 saturated heterocycles.